The normalized spacial score (nSPS) is 20.6. The molecule has 0 aliphatic carbocycles. The molecule has 1 aliphatic rings. The molecule has 0 atom stereocenters. The number of ether oxygens (including phenoxy) is 1. The summed E-state index contributed by atoms with van der Waals surface area (Å²) in [5.41, 5.74) is -0.448. The number of hydrogen-bond acceptors (Lipinski definition) is 6. The second-order valence-electron chi connectivity index (χ2n) is 5.42. The van der Waals surface area contributed by atoms with E-state index in [1.54, 1.807) is 6.92 Å². The molecule has 0 saturated carbocycles. The van der Waals surface area contributed by atoms with Crippen LogP contribution < -0.4 is 5.66 Å². The molecular weight excluding hydrogens is 249 g/mol. The lowest BCUT2D eigenvalue weighted by Gasteiger charge is -2.32. The van der Waals surface area contributed by atoms with Gasteiger partial charge in [-0.1, -0.05) is 5.16 Å². The SMILES string of the molecule is CCOC(=O)c1cc(B2OC(C)(C)C(C)(C)O2)on1. The number of carbonyl (C=O) groups excluding carboxylic acids is 1. The molecule has 1 aromatic rings. The first-order valence-corrected chi connectivity index (χ1v) is 6.26. The van der Waals surface area contributed by atoms with E-state index in [2.05, 4.69) is 5.16 Å². The Morgan fingerprint density at radius 3 is 2.42 bits per heavy atom. The Bertz CT molecular complexity index is 466. The van der Waals surface area contributed by atoms with E-state index >= 15 is 0 Å². The summed E-state index contributed by atoms with van der Waals surface area (Å²) in [6.45, 7) is 9.78. The summed E-state index contributed by atoms with van der Waals surface area (Å²) >= 11 is 0. The van der Waals surface area contributed by atoms with Crippen LogP contribution in [0.1, 0.15) is 45.1 Å². The second kappa shape index (κ2) is 4.65. The van der Waals surface area contributed by atoms with Gasteiger partial charge in [-0.3, -0.25) is 0 Å². The van der Waals surface area contributed by atoms with Gasteiger partial charge in [-0.05, 0) is 34.6 Å². The summed E-state index contributed by atoms with van der Waals surface area (Å²) in [5.74, 6) is -0.519. The van der Waals surface area contributed by atoms with Gasteiger partial charge in [-0.2, -0.15) is 0 Å². The van der Waals surface area contributed by atoms with Crippen LogP contribution >= 0.6 is 0 Å². The van der Waals surface area contributed by atoms with Gasteiger partial charge < -0.3 is 18.6 Å². The summed E-state index contributed by atoms with van der Waals surface area (Å²) in [4.78, 5) is 11.5. The van der Waals surface area contributed by atoms with Crippen molar-refractivity contribution in [3.63, 3.8) is 0 Å². The third kappa shape index (κ3) is 2.53. The zero-order valence-electron chi connectivity index (χ0n) is 11.9. The molecule has 1 aliphatic heterocycles. The summed E-state index contributed by atoms with van der Waals surface area (Å²) in [6, 6.07) is 1.49. The van der Waals surface area contributed by atoms with Crippen molar-refractivity contribution in [2.24, 2.45) is 0 Å². The fourth-order valence-electron chi connectivity index (χ4n) is 1.66. The van der Waals surface area contributed by atoms with E-state index in [1.165, 1.54) is 6.07 Å². The number of nitrogens with zero attached hydrogens (tertiary/aromatic N) is 1. The van der Waals surface area contributed by atoms with E-state index in [4.69, 9.17) is 18.6 Å². The van der Waals surface area contributed by atoms with Crippen molar-refractivity contribution in [3.05, 3.63) is 11.8 Å². The summed E-state index contributed by atoms with van der Waals surface area (Å²) in [5, 5.41) is 3.67. The van der Waals surface area contributed by atoms with Gasteiger partial charge in [0.25, 0.3) is 0 Å². The predicted molar refractivity (Wildman–Crippen MR) is 68.2 cm³/mol. The predicted octanol–water partition coefficient (Wildman–Crippen LogP) is 1.15. The van der Waals surface area contributed by atoms with E-state index in [-0.39, 0.29) is 12.3 Å². The van der Waals surface area contributed by atoms with Crippen molar-refractivity contribution >= 4 is 18.7 Å². The monoisotopic (exact) mass is 267 g/mol. The lowest BCUT2D eigenvalue weighted by Crippen LogP contribution is -2.41. The highest BCUT2D eigenvalue weighted by atomic mass is 16.7. The Hall–Kier alpha value is -1.34. The van der Waals surface area contributed by atoms with E-state index in [1.807, 2.05) is 27.7 Å². The molecule has 0 radical (unpaired) electrons. The minimum atomic E-state index is -0.666. The highest BCUT2D eigenvalue weighted by molar-refractivity contribution is 6.60. The van der Waals surface area contributed by atoms with Crippen LogP contribution in [-0.4, -0.2) is 36.1 Å². The minimum Gasteiger partial charge on any atom is -0.461 e. The van der Waals surface area contributed by atoms with Gasteiger partial charge in [0, 0.05) is 6.07 Å². The molecule has 0 unspecified atom stereocenters. The van der Waals surface area contributed by atoms with E-state index in [0.29, 0.717) is 5.66 Å². The van der Waals surface area contributed by atoms with Gasteiger partial charge in [-0.15, -0.1) is 0 Å². The number of rotatable bonds is 3. The molecule has 0 aromatic carbocycles. The second-order valence-corrected chi connectivity index (χ2v) is 5.42. The molecule has 2 heterocycles. The van der Waals surface area contributed by atoms with Crippen molar-refractivity contribution < 1.29 is 23.4 Å². The maximum absolute atomic E-state index is 11.5. The van der Waals surface area contributed by atoms with Crippen molar-refractivity contribution in [1.29, 1.82) is 0 Å². The van der Waals surface area contributed by atoms with Gasteiger partial charge in [0.05, 0.1) is 17.8 Å². The van der Waals surface area contributed by atoms with Gasteiger partial charge in [-0.25, -0.2) is 4.79 Å². The first-order chi connectivity index (χ1) is 8.77. The maximum atomic E-state index is 11.5. The number of aromatic nitrogens is 1. The Morgan fingerprint density at radius 1 is 1.32 bits per heavy atom. The number of esters is 1. The quantitative estimate of drug-likeness (QED) is 0.604. The van der Waals surface area contributed by atoms with Crippen molar-refractivity contribution in [3.8, 4) is 0 Å². The van der Waals surface area contributed by atoms with Crippen LogP contribution in [0, 0.1) is 0 Å². The Morgan fingerprint density at radius 2 is 1.89 bits per heavy atom. The first-order valence-electron chi connectivity index (χ1n) is 6.26. The minimum absolute atomic E-state index is 0.117. The largest absolute Gasteiger partial charge is 0.535 e. The molecule has 7 heteroatoms. The summed E-state index contributed by atoms with van der Waals surface area (Å²) < 4.78 is 21.5. The van der Waals surface area contributed by atoms with Crippen molar-refractivity contribution in [2.45, 2.75) is 45.8 Å². The van der Waals surface area contributed by atoms with Gasteiger partial charge in [0.15, 0.2) is 11.4 Å². The molecule has 104 valence electrons. The number of hydrogen-bond donors (Lipinski definition) is 0. The van der Waals surface area contributed by atoms with Crippen LogP contribution in [0.15, 0.2) is 10.6 Å². The lowest BCUT2D eigenvalue weighted by molar-refractivity contribution is 0.00578. The van der Waals surface area contributed by atoms with Crippen LogP contribution in [0.4, 0.5) is 0 Å². The zero-order chi connectivity index (χ0) is 14.3. The fraction of sp³-hybridized carbons (Fsp3) is 0.667. The summed E-state index contributed by atoms with van der Waals surface area (Å²) in [7, 11) is -0.666. The van der Waals surface area contributed by atoms with E-state index < -0.39 is 24.3 Å². The molecule has 1 fully saturated rings. The highest BCUT2D eigenvalue weighted by Gasteiger charge is 2.53. The molecule has 1 aromatic heterocycles. The van der Waals surface area contributed by atoms with Crippen LogP contribution in [0.3, 0.4) is 0 Å². The van der Waals surface area contributed by atoms with Gasteiger partial charge >= 0.3 is 13.1 Å². The molecule has 0 spiro atoms. The molecular formula is C12H18BNO5. The van der Waals surface area contributed by atoms with Gasteiger partial charge in [0.1, 0.15) is 0 Å². The maximum Gasteiger partial charge on any atom is 0.535 e. The van der Waals surface area contributed by atoms with Crippen LogP contribution in [-0.2, 0) is 14.0 Å². The molecule has 0 bridgehead atoms. The van der Waals surface area contributed by atoms with Gasteiger partial charge in [0.2, 0.25) is 0 Å². The molecule has 19 heavy (non-hydrogen) atoms. The smallest absolute Gasteiger partial charge is 0.461 e. The topological polar surface area (TPSA) is 70.8 Å². The van der Waals surface area contributed by atoms with Crippen molar-refractivity contribution in [2.75, 3.05) is 6.61 Å². The molecule has 2 rings (SSSR count). The first kappa shape index (κ1) is 14.1. The highest BCUT2D eigenvalue weighted by Crippen LogP contribution is 2.36. The standard InChI is InChI=1S/C12H18BNO5/c1-6-16-10(15)8-7-9(17-14-8)13-18-11(2,3)12(4,5)19-13/h7H,6H2,1-5H3. The van der Waals surface area contributed by atoms with Crippen LogP contribution in [0.2, 0.25) is 0 Å². The molecule has 0 N–H and O–H groups in total. The van der Waals surface area contributed by atoms with E-state index in [9.17, 15) is 4.79 Å². The molecule has 6 nitrogen and oxygen atoms in total. The third-order valence-electron chi connectivity index (χ3n) is 3.50. The fourth-order valence-corrected chi connectivity index (χ4v) is 1.66. The van der Waals surface area contributed by atoms with E-state index in [0.717, 1.165) is 0 Å². The average molecular weight is 267 g/mol. The zero-order valence-corrected chi connectivity index (χ0v) is 11.9. The van der Waals surface area contributed by atoms with Crippen LogP contribution in [0.25, 0.3) is 0 Å². The lowest BCUT2D eigenvalue weighted by atomic mass is 9.86. The molecule has 1 saturated heterocycles. The number of carbonyl (C=O) groups is 1. The molecule has 0 amide bonds. The average Bonchev–Trinajstić information content (AvgIpc) is 2.83. The summed E-state index contributed by atoms with van der Waals surface area (Å²) in [6.07, 6.45) is 0. The Kier molecular flexibility index (Phi) is 3.44. The Labute approximate surface area is 112 Å². The van der Waals surface area contributed by atoms with Crippen molar-refractivity contribution in [1.82, 2.24) is 5.16 Å². The Balaban J connectivity index is 2.15. The van der Waals surface area contributed by atoms with Crippen LogP contribution in [0.5, 0.6) is 0 Å². The third-order valence-corrected chi connectivity index (χ3v) is 3.50.